The first-order valence-corrected chi connectivity index (χ1v) is 23.3. The maximum atomic E-state index is 15.6. The number of hydrogen-bond acceptors (Lipinski definition) is 14. The average molecular weight is 928 g/mol. The standard InChI is InChI=1S/C52H57N5O11/c1-7-49-19-10-22-56-24-21-50(43(49)56)37-25-38(41(65-4)26-40(37)54(3)44(50)52(62,47(60)67-6)45(49)68-31(2)58)51(46(59)66-5)28-33-27-48(61,20-17-32-13-15-34(16-14-32)57(63)64)30-55(29-33)23-18-36-35-11-8-9-12-39(35)53-42(36)51/h8-16,19,25-26,33,43-45,53,61-62H,7,18,21-24,27-30H2,1-6H3/t33-,43-,44+,45+,48-,49+,50+,51-,52-/m0/s1. The number of non-ortho nitro benzene ring substituents is 1. The predicted molar refractivity (Wildman–Crippen MR) is 250 cm³/mol. The van der Waals surface area contributed by atoms with Crippen molar-refractivity contribution in [1.82, 2.24) is 14.8 Å². The lowest BCUT2D eigenvalue weighted by Crippen LogP contribution is -2.81. The van der Waals surface area contributed by atoms with Crippen molar-refractivity contribution in [3.8, 4) is 17.6 Å². The van der Waals surface area contributed by atoms with Gasteiger partial charge < -0.3 is 39.0 Å². The number of likely N-dealkylation sites (N-methyl/N-ethyl adjacent to an activating group) is 1. The van der Waals surface area contributed by atoms with Crippen molar-refractivity contribution in [1.29, 1.82) is 0 Å². The van der Waals surface area contributed by atoms with Crippen LogP contribution >= 0.6 is 0 Å². The van der Waals surface area contributed by atoms with E-state index in [0.29, 0.717) is 73.7 Å². The fraction of sp³-hybridized carbons (Fsp3) is 0.481. The summed E-state index contributed by atoms with van der Waals surface area (Å²) >= 11 is 0. The summed E-state index contributed by atoms with van der Waals surface area (Å²) in [5.74, 6) is 4.15. The Kier molecular flexibility index (Phi) is 10.8. The van der Waals surface area contributed by atoms with Crippen molar-refractivity contribution in [2.45, 2.75) is 86.2 Å². The predicted octanol–water partition coefficient (Wildman–Crippen LogP) is 4.54. The van der Waals surface area contributed by atoms with E-state index >= 15 is 4.79 Å². The molecule has 10 atom stereocenters. The van der Waals surface area contributed by atoms with Crippen LogP contribution in [-0.2, 0) is 45.8 Å². The minimum Gasteiger partial charge on any atom is -0.496 e. The van der Waals surface area contributed by atoms with Crippen LogP contribution in [0, 0.1) is 33.3 Å². The van der Waals surface area contributed by atoms with Gasteiger partial charge in [0.1, 0.15) is 16.8 Å². The van der Waals surface area contributed by atoms with Gasteiger partial charge in [-0.05, 0) is 80.0 Å². The van der Waals surface area contributed by atoms with Gasteiger partial charge in [-0.3, -0.25) is 29.5 Å². The van der Waals surface area contributed by atoms with E-state index in [2.05, 4.69) is 26.6 Å². The third-order valence-corrected chi connectivity index (χ3v) is 16.4. The minimum atomic E-state index is -2.36. The Balaban J connectivity index is 1.21. The highest BCUT2D eigenvalue weighted by molar-refractivity contribution is 5.95. The largest absolute Gasteiger partial charge is 0.496 e. The molecule has 3 fully saturated rings. The molecule has 2 bridgehead atoms. The van der Waals surface area contributed by atoms with Gasteiger partial charge in [-0.25, -0.2) is 4.79 Å². The number of piperidine rings is 1. The fourth-order valence-corrected chi connectivity index (χ4v) is 14.1. The van der Waals surface area contributed by atoms with Crippen molar-refractivity contribution < 1.29 is 48.5 Å². The second-order valence-corrected chi connectivity index (χ2v) is 19.7. The molecule has 68 heavy (non-hydrogen) atoms. The van der Waals surface area contributed by atoms with Gasteiger partial charge in [0.25, 0.3) is 5.69 Å². The number of anilines is 1. The third kappa shape index (κ3) is 6.31. The van der Waals surface area contributed by atoms with Crippen molar-refractivity contribution in [3.63, 3.8) is 0 Å². The Labute approximate surface area is 394 Å². The second-order valence-electron chi connectivity index (χ2n) is 19.7. The Bertz CT molecular complexity index is 2850. The number of nitrogens with zero attached hydrogens (tertiary/aromatic N) is 4. The van der Waals surface area contributed by atoms with Gasteiger partial charge >= 0.3 is 17.9 Å². The summed E-state index contributed by atoms with van der Waals surface area (Å²) in [6.07, 6.45) is 4.53. The number of aromatic amines is 1. The summed E-state index contributed by atoms with van der Waals surface area (Å²) in [5, 5.41) is 38.2. The van der Waals surface area contributed by atoms with Crippen LogP contribution in [-0.4, -0.2) is 138 Å². The number of esters is 3. The maximum Gasteiger partial charge on any atom is 0.344 e. The molecule has 1 unspecified atom stereocenters. The summed E-state index contributed by atoms with van der Waals surface area (Å²) < 4.78 is 24.0. The maximum absolute atomic E-state index is 15.6. The zero-order chi connectivity index (χ0) is 48.1. The van der Waals surface area contributed by atoms with Crippen LogP contribution in [0.1, 0.15) is 67.5 Å². The van der Waals surface area contributed by atoms with Gasteiger partial charge in [0, 0.05) is 109 Å². The number of rotatable bonds is 7. The zero-order valence-corrected chi connectivity index (χ0v) is 39.2. The van der Waals surface area contributed by atoms with Crippen LogP contribution in [0.4, 0.5) is 11.4 Å². The van der Waals surface area contributed by atoms with Crippen LogP contribution in [0.2, 0.25) is 0 Å². The lowest BCUT2D eigenvalue weighted by Gasteiger charge is -2.63. The van der Waals surface area contributed by atoms with E-state index in [-0.39, 0.29) is 37.0 Å². The highest BCUT2D eigenvalue weighted by atomic mass is 16.6. The van der Waals surface area contributed by atoms with Crippen LogP contribution < -0.4 is 9.64 Å². The molecule has 16 nitrogen and oxygen atoms in total. The molecule has 10 rings (SSSR count). The first-order chi connectivity index (χ1) is 32.5. The number of aromatic nitrogens is 1. The first-order valence-electron chi connectivity index (χ1n) is 23.3. The molecule has 5 aliphatic heterocycles. The number of nitro groups is 1. The highest BCUT2D eigenvalue weighted by Gasteiger charge is 2.80. The first kappa shape index (κ1) is 45.5. The summed E-state index contributed by atoms with van der Waals surface area (Å²) in [4.78, 5) is 64.2. The number of H-pyrrole nitrogens is 1. The summed E-state index contributed by atoms with van der Waals surface area (Å²) in [7, 11) is 6.00. The van der Waals surface area contributed by atoms with Crippen LogP contribution in [0.5, 0.6) is 5.75 Å². The average Bonchev–Trinajstić information content (AvgIpc) is 4.00. The Hall–Kier alpha value is -6.25. The van der Waals surface area contributed by atoms with Gasteiger partial charge in [-0.15, -0.1) is 0 Å². The molecule has 0 amide bonds. The number of aliphatic hydroxyl groups is 2. The van der Waals surface area contributed by atoms with Crippen molar-refractivity contribution in [2.24, 2.45) is 11.3 Å². The minimum absolute atomic E-state index is 0.0606. The molecule has 1 aliphatic carbocycles. The van der Waals surface area contributed by atoms with E-state index in [9.17, 15) is 29.9 Å². The van der Waals surface area contributed by atoms with Gasteiger partial charge in [-0.2, -0.15) is 0 Å². The number of carbonyl (C=O) groups is 3. The van der Waals surface area contributed by atoms with E-state index in [1.807, 2.05) is 67.4 Å². The number of fused-ring (bicyclic) bond motifs is 6. The monoisotopic (exact) mass is 927 g/mol. The van der Waals surface area contributed by atoms with Crippen molar-refractivity contribution >= 4 is 40.2 Å². The number of nitro benzene ring substituents is 1. The normalized spacial score (nSPS) is 33.3. The number of para-hydroxylation sites is 1. The highest BCUT2D eigenvalue weighted by Crippen LogP contribution is 2.68. The summed E-state index contributed by atoms with van der Waals surface area (Å²) in [6.45, 7) is 5.80. The molecule has 2 saturated heterocycles. The summed E-state index contributed by atoms with van der Waals surface area (Å²) in [6, 6.07) is 16.4. The van der Waals surface area contributed by atoms with Gasteiger partial charge in [-0.1, -0.05) is 49.1 Å². The molecule has 16 heteroatoms. The molecule has 1 saturated carbocycles. The van der Waals surface area contributed by atoms with E-state index in [1.165, 1.54) is 33.3 Å². The van der Waals surface area contributed by atoms with Gasteiger partial charge in [0.2, 0.25) is 5.60 Å². The van der Waals surface area contributed by atoms with Crippen LogP contribution in [0.15, 0.2) is 72.8 Å². The number of carbonyl (C=O) groups excluding carboxylic acids is 3. The van der Waals surface area contributed by atoms with Crippen molar-refractivity contribution in [3.05, 3.63) is 111 Å². The summed E-state index contributed by atoms with van der Waals surface area (Å²) in [5.41, 5.74) is -2.60. The van der Waals surface area contributed by atoms with E-state index in [0.717, 1.165) is 22.0 Å². The SMILES string of the molecule is CC[C@]12C=CCN3CC[C@@]4(c5cc([C@@]6(C(=O)OC)C[C@H]7CN(CCc8c6[nH]c6ccccc86)C[C@](O)(C#Cc6ccc([N+](=O)[O-])cc6)C7)c(OC)cc5N(C)[C@H]4[C@@](O)(C(=O)OC)[C@@H]1OC(C)=O)[C@@H]32. The Morgan fingerprint density at radius 1 is 0.971 bits per heavy atom. The lowest BCUT2D eigenvalue weighted by molar-refractivity contribution is -0.384. The van der Waals surface area contributed by atoms with Gasteiger partial charge in [0.05, 0.1) is 32.3 Å². The molecule has 356 valence electrons. The molecule has 0 radical (unpaired) electrons. The smallest absolute Gasteiger partial charge is 0.344 e. The zero-order valence-electron chi connectivity index (χ0n) is 39.2. The molecule has 4 aromatic rings. The number of ether oxygens (including phenoxy) is 4. The quantitative estimate of drug-likeness (QED) is 0.0584. The van der Waals surface area contributed by atoms with Crippen LogP contribution in [0.25, 0.3) is 10.9 Å². The van der Waals surface area contributed by atoms with E-state index in [1.54, 1.807) is 19.2 Å². The third-order valence-electron chi connectivity index (χ3n) is 16.4. The molecule has 1 spiro atoms. The van der Waals surface area contributed by atoms with Crippen LogP contribution in [0.3, 0.4) is 0 Å². The molecule has 3 N–H and O–H groups in total. The topological polar surface area (TPSA) is 197 Å². The Morgan fingerprint density at radius 3 is 2.41 bits per heavy atom. The van der Waals surface area contributed by atoms with Crippen molar-refractivity contribution in [2.75, 3.05) is 66.0 Å². The lowest BCUT2D eigenvalue weighted by atomic mass is 9.47. The van der Waals surface area contributed by atoms with E-state index < -0.39 is 62.4 Å². The second kappa shape index (κ2) is 16.2. The number of methoxy groups -OCH3 is 3. The molecular formula is C52H57N5O11. The molecule has 6 heterocycles. The van der Waals surface area contributed by atoms with E-state index in [4.69, 9.17) is 18.9 Å². The Morgan fingerprint density at radius 2 is 1.72 bits per heavy atom. The number of nitrogens with one attached hydrogen (secondary N) is 1. The van der Waals surface area contributed by atoms with Gasteiger partial charge in [0.15, 0.2) is 6.10 Å². The fourth-order valence-electron chi connectivity index (χ4n) is 14.1. The molecular weight excluding hydrogens is 871 g/mol. The molecule has 6 aliphatic rings. The number of benzene rings is 3. The molecule has 3 aromatic carbocycles. The molecule has 1 aromatic heterocycles. The number of hydrogen-bond donors (Lipinski definition) is 3.